The van der Waals surface area contributed by atoms with Gasteiger partial charge in [0.25, 0.3) is 0 Å². The van der Waals surface area contributed by atoms with Crippen LogP contribution < -0.4 is 5.32 Å². The highest BCUT2D eigenvalue weighted by Gasteiger charge is 2.14. The van der Waals surface area contributed by atoms with Crippen LogP contribution in [0.2, 0.25) is 0 Å². The first-order valence-electron chi connectivity index (χ1n) is 4.40. The first-order valence-corrected chi connectivity index (χ1v) is 4.40. The molecule has 0 aromatic rings. The molecule has 12 heavy (non-hydrogen) atoms. The minimum absolute atomic E-state index is 0.219. The zero-order valence-corrected chi connectivity index (χ0v) is 7.20. The molecule has 3 N–H and O–H groups in total. The fourth-order valence-corrected chi connectivity index (χ4v) is 1.28. The van der Waals surface area contributed by atoms with Crippen molar-refractivity contribution in [2.75, 3.05) is 32.9 Å². The number of rotatable bonds is 5. The third-order valence-electron chi connectivity index (χ3n) is 2.04. The average Bonchev–Trinajstić information content (AvgIpc) is 2.57. The van der Waals surface area contributed by atoms with Crippen LogP contribution in [-0.2, 0) is 4.74 Å². The van der Waals surface area contributed by atoms with Gasteiger partial charge in [0.2, 0.25) is 0 Å². The molecule has 1 rings (SSSR count). The summed E-state index contributed by atoms with van der Waals surface area (Å²) in [5.74, 6) is 0.580. The van der Waals surface area contributed by atoms with E-state index in [1.807, 2.05) is 0 Å². The Hall–Kier alpha value is -0.160. The van der Waals surface area contributed by atoms with E-state index in [1.165, 1.54) is 0 Å². The third-order valence-corrected chi connectivity index (χ3v) is 2.04. The summed E-state index contributed by atoms with van der Waals surface area (Å²) in [7, 11) is 0. The lowest BCUT2D eigenvalue weighted by Crippen LogP contribution is -2.22. The number of nitrogens with one attached hydrogen (secondary N) is 1. The van der Waals surface area contributed by atoms with Crippen LogP contribution in [0.5, 0.6) is 0 Å². The Morgan fingerprint density at radius 1 is 1.58 bits per heavy atom. The molecule has 0 saturated carbocycles. The Labute approximate surface area is 72.5 Å². The van der Waals surface area contributed by atoms with Crippen molar-refractivity contribution in [3.63, 3.8) is 0 Å². The molecule has 0 bridgehead atoms. The van der Waals surface area contributed by atoms with E-state index in [0.717, 1.165) is 19.5 Å². The van der Waals surface area contributed by atoms with Gasteiger partial charge in [0.15, 0.2) is 0 Å². The van der Waals surface area contributed by atoms with Crippen molar-refractivity contribution in [1.82, 2.24) is 5.32 Å². The minimum atomic E-state index is -0.723. The van der Waals surface area contributed by atoms with E-state index >= 15 is 0 Å². The maximum atomic E-state index is 8.94. The molecule has 0 aromatic heterocycles. The van der Waals surface area contributed by atoms with Gasteiger partial charge in [-0.05, 0) is 18.9 Å². The van der Waals surface area contributed by atoms with Gasteiger partial charge in [0, 0.05) is 6.54 Å². The van der Waals surface area contributed by atoms with Gasteiger partial charge in [-0.25, -0.2) is 0 Å². The first-order chi connectivity index (χ1) is 5.83. The van der Waals surface area contributed by atoms with E-state index in [2.05, 4.69) is 5.32 Å². The fourth-order valence-electron chi connectivity index (χ4n) is 1.28. The smallest absolute Gasteiger partial charge is 0.100 e. The minimum Gasteiger partial charge on any atom is -0.394 e. The number of aliphatic hydroxyl groups is 2. The Morgan fingerprint density at radius 2 is 2.42 bits per heavy atom. The van der Waals surface area contributed by atoms with Crippen molar-refractivity contribution < 1.29 is 14.9 Å². The highest BCUT2D eigenvalue weighted by atomic mass is 16.5. The largest absolute Gasteiger partial charge is 0.394 e. The third kappa shape index (κ3) is 3.49. The quantitative estimate of drug-likeness (QED) is 0.500. The van der Waals surface area contributed by atoms with E-state index in [9.17, 15) is 0 Å². The number of hydrogen-bond donors (Lipinski definition) is 3. The monoisotopic (exact) mass is 175 g/mol. The standard InChI is InChI=1S/C8H17NO3/c10-4-8(11)6-12-5-7-1-2-9-3-7/h7-11H,1-6H2. The molecular weight excluding hydrogens is 158 g/mol. The lowest BCUT2D eigenvalue weighted by atomic mass is 10.1. The van der Waals surface area contributed by atoms with Crippen LogP contribution in [0.3, 0.4) is 0 Å². The van der Waals surface area contributed by atoms with Crippen LogP contribution in [0.4, 0.5) is 0 Å². The summed E-state index contributed by atoms with van der Waals surface area (Å²) in [6, 6.07) is 0. The molecular formula is C8H17NO3. The van der Waals surface area contributed by atoms with Gasteiger partial charge in [-0.2, -0.15) is 0 Å². The van der Waals surface area contributed by atoms with Crippen molar-refractivity contribution in [1.29, 1.82) is 0 Å². The van der Waals surface area contributed by atoms with Gasteiger partial charge in [-0.3, -0.25) is 0 Å². The number of hydrogen-bond acceptors (Lipinski definition) is 4. The van der Waals surface area contributed by atoms with Crippen LogP contribution >= 0.6 is 0 Å². The highest BCUT2D eigenvalue weighted by molar-refractivity contribution is 4.70. The molecule has 0 aliphatic carbocycles. The molecule has 4 nitrogen and oxygen atoms in total. The summed E-state index contributed by atoms with van der Waals surface area (Å²) >= 11 is 0. The molecule has 1 saturated heterocycles. The summed E-state index contributed by atoms with van der Waals surface area (Å²) in [5.41, 5.74) is 0. The summed E-state index contributed by atoms with van der Waals surface area (Å²) in [4.78, 5) is 0. The molecule has 0 aromatic carbocycles. The molecule has 2 unspecified atom stereocenters. The van der Waals surface area contributed by atoms with Crippen LogP contribution in [0, 0.1) is 5.92 Å². The summed E-state index contributed by atoms with van der Waals surface area (Å²) in [6.07, 6.45) is 0.425. The molecule has 0 spiro atoms. The van der Waals surface area contributed by atoms with E-state index in [-0.39, 0.29) is 13.2 Å². The highest BCUT2D eigenvalue weighted by Crippen LogP contribution is 2.07. The molecule has 72 valence electrons. The summed E-state index contributed by atoms with van der Waals surface area (Å²) in [6.45, 7) is 2.78. The summed E-state index contributed by atoms with van der Waals surface area (Å²) in [5, 5.41) is 20.7. The zero-order chi connectivity index (χ0) is 8.81. The topological polar surface area (TPSA) is 61.7 Å². The lowest BCUT2D eigenvalue weighted by molar-refractivity contribution is -0.00275. The molecule has 4 heteroatoms. The van der Waals surface area contributed by atoms with E-state index in [4.69, 9.17) is 14.9 Å². The van der Waals surface area contributed by atoms with Crippen LogP contribution in [-0.4, -0.2) is 49.2 Å². The maximum Gasteiger partial charge on any atom is 0.100 e. The number of aliphatic hydroxyl groups excluding tert-OH is 2. The van der Waals surface area contributed by atoms with Gasteiger partial charge < -0.3 is 20.3 Å². The molecule has 0 radical (unpaired) electrons. The lowest BCUT2D eigenvalue weighted by Gasteiger charge is -2.11. The SMILES string of the molecule is OCC(O)COCC1CCNC1. The predicted octanol–water partition coefficient (Wildman–Crippen LogP) is -1.03. The zero-order valence-electron chi connectivity index (χ0n) is 7.20. The maximum absolute atomic E-state index is 8.94. The second kappa shape index (κ2) is 5.48. The summed E-state index contributed by atoms with van der Waals surface area (Å²) < 4.78 is 5.22. The molecule has 1 aliphatic rings. The Bertz CT molecular complexity index is 115. The van der Waals surface area contributed by atoms with Gasteiger partial charge in [0.05, 0.1) is 19.8 Å². The Balaban J connectivity index is 1.94. The van der Waals surface area contributed by atoms with Gasteiger partial charge >= 0.3 is 0 Å². The van der Waals surface area contributed by atoms with Crippen molar-refractivity contribution in [2.24, 2.45) is 5.92 Å². The van der Waals surface area contributed by atoms with Crippen LogP contribution in [0.15, 0.2) is 0 Å². The van der Waals surface area contributed by atoms with Gasteiger partial charge in [0.1, 0.15) is 6.10 Å². The molecule has 0 amide bonds. The van der Waals surface area contributed by atoms with Crippen LogP contribution in [0.25, 0.3) is 0 Å². The van der Waals surface area contributed by atoms with Crippen molar-refractivity contribution in [3.05, 3.63) is 0 Å². The van der Waals surface area contributed by atoms with E-state index in [1.54, 1.807) is 0 Å². The van der Waals surface area contributed by atoms with Gasteiger partial charge in [-0.1, -0.05) is 0 Å². The van der Waals surface area contributed by atoms with E-state index < -0.39 is 6.10 Å². The predicted molar refractivity (Wildman–Crippen MR) is 44.9 cm³/mol. The van der Waals surface area contributed by atoms with Gasteiger partial charge in [-0.15, -0.1) is 0 Å². The van der Waals surface area contributed by atoms with Crippen molar-refractivity contribution in [3.8, 4) is 0 Å². The molecule has 1 heterocycles. The Kier molecular flexibility index (Phi) is 4.53. The Morgan fingerprint density at radius 3 is 3.00 bits per heavy atom. The van der Waals surface area contributed by atoms with Crippen LogP contribution in [0.1, 0.15) is 6.42 Å². The first kappa shape index (κ1) is 9.92. The fraction of sp³-hybridized carbons (Fsp3) is 1.00. The van der Waals surface area contributed by atoms with Crippen molar-refractivity contribution >= 4 is 0 Å². The van der Waals surface area contributed by atoms with E-state index in [0.29, 0.717) is 12.5 Å². The molecule has 1 aliphatic heterocycles. The number of ether oxygens (including phenoxy) is 1. The normalized spacial score (nSPS) is 26.0. The second-order valence-electron chi connectivity index (χ2n) is 3.23. The molecule has 1 fully saturated rings. The molecule has 2 atom stereocenters. The van der Waals surface area contributed by atoms with Crippen molar-refractivity contribution in [2.45, 2.75) is 12.5 Å². The average molecular weight is 175 g/mol. The second-order valence-corrected chi connectivity index (χ2v) is 3.23.